The molecular formula is C29H38BrP. The Morgan fingerprint density at radius 3 is 1.23 bits per heavy atom. The Balaban J connectivity index is 0.00000341. The van der Waals surface area contributed by atoms with Crippen LogP contribution in [0.4, 0.5) is 0 Å². The third-order valence-electron chi connectivity index (χ3n) is 6.07. The van der Waals surface area contributed by atoms with Gasteiger partial charge >= 0.3 is 0 Å². The minimum absolute atomic E-state index is 0. The molecule has 0 aromatic heterocycles. The van der Waals surface area contributed by atoms with Crippen molar-refractivity contribution in [3.63, 3.8) is 0 Å². The standard InChI is InChI=1S/C29H38P.BrH/c1-2-3-4-5-6-16-23-30(24-27-17-10-7-11-18-27,25-28-19-12-8-13-20-28)26-29-21-14-9-15-22-29;/h7-15,17-22H,2-6,16,23-26H2,1H3;1H/q+1;/p-1. The fourth-order valence-corrected chi connectivity index (χ4v) is 9.20. The van der Waals surface area contributed by atoms with E-state index in [0.29, 0.717) is 0 Å². The molecule has 0 fully saturated rings. The van der Waals surface area contributed by atoms with E-state index in [9.17, 15) is 0 Å². The van der Waals surface area contributed by atoms with Crippen LogP contribution in [-0.2, 0) is 18.5 Å². The van der Waals surface area contributed by atoms with Gasteiger partial charge in [-0.25, -0.2) is 0 Å². The van der Waals surface area contributed by atoms with Gasteiger partial charge in [-0.1, -0.05) is 124 Å². The number of hydrogen-bond acceptors (Lipinski definition) is 0. The minimum Gasteiger partial charge on any atom is -1.00 e. The van der Waals surface area contributed by atoms with Crippen LogP contribution in [0.1, 0.15) is 62.1 Å². The highest BCUT2D eigenvalue weighted by Crippen LogP contribution is 2.67. The molecule has 0 saturated heterocycles. The summed E-state index contributed by atoms with van der Waals surface area (Å²) in [5.74, 6) is 0. The van der Waals surface area contributed by atoms with Gasteiger partial charge in [-0.15, -0.1) is 0 Å². The molecular weight excluding hydrogens is 459 g/mol. The van der Waals surface area contributed by atoms with Crippen molar-refractivity contribution in [2.24, 2.45) is 0 Å². The van der Waals surface area contributed by atoms with Gasteiger partial charge in [0.05, 0.1) is 24.6 Å². The van der Waals surface area contributed by atoms with Gasteiger partial charge in [0.1, 0.15) is 0 Å². The average Bonchev–Trinajstić information content (AvgIpc) is 2.78. The molecule has 0 aliphatic carbocycles. The second kappa shape index (κ2) is 14.6. The Labute approximate surface area is 201 Å². The third kappa shape index (κ3) is 9.30. The molecule has 0 bridgehead atoms. The molecule has 3 rings (SSSR count). The van der Waals surface area contributed by atoms with Crippen LogP contribution in [0.3, 0.4) is 0 Å². The molecule has 3 aromatic rings. The molecule has 0 atom stereocenters. The van der Waals surface area contributed by atoms with Gasteiger partial charge in [0.15, 0.2) is 0 Å². The zero-order valence-corrected chi connectivity index (χ0v) is 21.5. The van der Waals surface area contributed by atoms with Crippen LogP contribution in [-0.4, -0.2) is 6.16 Å². The van der Waals surface area contributed by atoms with Crippen molar-refractivity contribution in [1.82, 2.24) is 0 Å². The molecule has 0 unspecified atom stereocenters. The summed E-state index contributed by atoms with van der Waals surface area (Å²) < 4.78 is 0. The molecule has 166 valence electrons. The van der Waals surface area contributed by atoms with Crippen molar-refractivity contribution in [2.45, 2.75) is 63.9 Å². The van der Waals surface area contributed by atoms with Crippen LogP contribution in [0.2, 0.25) is 0 Å². The van der Waals surface area contributed by atoms with Gasteiger partial charge in [0, 0.05) is 7.26 Å². The molecule has 31 heavy (non-hydrogen) atoms. The normalized spacial score (nSPS) is 11.1. The van der Waals surface area contributed by atoms with Crippen molar-refractivity contribution in [2.75, 3.05) is 6.16 Å². The van der Waals surface area contributed by atoms with Crippen LogP contribution in [0.25, 0.3) is 0 Å². The van der Waals surface area contributed by atoms with Crippen LogP contribution in [0.15, 0.2) is 91.0 Å². The van der Waals surface area contributed by atoms with Crippen molar-refractivity contribution in [3.05, 3.63) is 108 Å². The van der Waals surface area contributed by atoms with E-state index in [1.54, 1.807) is 0 Å². The highest BCUT2D eigenvalue weighted by molar-refractivity contribution is 7.73. The lowest BCUT2D eigenvalue weighted by Gasteiger charge is -2.29. The van der Waals surface area contributed by atoms with Crippen molar-refractivity contribution < 1.29 is 17.0 Å². The summed E-state index contributed by atoms with van der Waals surface area (Å²) in [7, 11) is -1.22. The lowest BCUT2D eigenvalue weighted by Crippen LogP contribution is -3.00. The highest BCUT2D eigenvalue weighted by atomic mass is 79.9. The van der Waals surface area contributed by atoms with Gasteiger partial charge in [-0.2, -0.15) is 0 Å². The Morgan fingerprint density at radius 2 is 0.839 bits per heavy atom. The van der Waals surface area contributed by atoms with Gasteiger partial charge < -0.3 is 17.0 Å². The summed E-state index contributed by atoms with van der Waals surface area (Å²) in [5.41, 5.74) is 4.55. The summed E-state index contributed by atoms with van der Waals surface area (Å²) in [6, 6.07) is 33.7. The minimum atomic E-state index is -1.22. The quantitative estimate of drug-likeness (QED) is 0.202. The summed E-state index contributed by atoms with van der Waals surface area (Å²) in [5, 5.41) is 0. The van der Waals surface area contributed by atoms with Crippen molar-refractivity contribution in [1.29, 1.82) is 0 Å². The monoisotopic (exact) mass is 496 g/mol. The van der Waals surface area contributed by atoms with Crippen molar-refractivity contribution in [3.8, 4) is 0 Å². The number of hydrogen-bond donors (Lipinski definition) is 0. The van der Waals surface area contributed by atoms with Gasteiger partial charge in [0.2, 0.25) is 0 Å². The third-order valence-corrected chi connectivity index (χ3v) is 10.4. The fourth-order valence-electron chi connectivity index (χ4n) is 4.54. The van der Waals surface area contributed by atoms with Gasteiger partial charge in [-0.05, 0) is 29.5 Å². The van der Waals surface area contributed by atoms with Crippen LogP contribution in [0.5, 0.6) is 0 Å². The molecule has 0 amide bonds. The zero-order chi connectivity index (χ0) is 20.9. The summed E-state index contributed by atoms with van der Waals surface area (Å²) in [6.45, 7) is 2.30. The number of unbranched alkanes of at least 4 members (excludes halogenated alkanes) is 5. The first-order valence-corrected chi connectivity index (χ1v) is 14.3. The maximum atomic E-state index is 2.34. The Bertz CT molecular complexity index is 716. The van der Waals surface area contributed by atoms with Crippen molar-refractivity contribution >= 4 is 7.26 Å². The van der Waals surface area contributed by atoms with E-state index in [2.05, 4.69) is 97.9 Å². The van der Waals surface area contributed by atoms with Gasteiger partial charge in [-0.3, -0.25) is 0 Å². The molecule has 0 nitrogen and oxygen atoms in total. The van der Waals surface area contributed by atoms with E-state index >= 15 is 0 Å². The first-order valence-electron chi connectivity index (χ1n) is 11.8. The molecule has 0 aliphatic rings. The lowest BCUT2D eigenvalue weighted by atomic mass is 10.1. The molecule has 0 heterocycles. The molecule has 0 saturated carbocycles. The zero-order valence-electron chi connectivity index (χ0n) is 19.1. The second-order valence-electron chi connectivity index (χ2n) is 8.76. The number of rotatable bonds is 13. The number of benzene rings is 3. The molecule has 2 heteroatoms. The maximum absolute atomic E-state index is 2.34. The van der Waals surface area contributed by atoms with E-state index in [-0.39, 0.29) is 17.0 Å². The van der Waals surface area contributed by atoms with E-state index in [1.165, 1.54) is 79.9 Å². The van der Waals surface area contributed by atoms with Crippen LogP contribution >= 0.6 is 7.26 Å². The lowest BCUT2D eigenvalue weighted by molar-refractivity contribution is -0.00000640. The van der Waals surface area contributed by atoms with Gasteiger partial charge in [0.25, 0.3) is 0 Å². The topological polar surface area (TPSA) is 0 Å². The molecule has 0 radical (unpaired) electrons. The van der Waals surface area contributed by atoms with E-state index in [4.69, 9.17) is 0 Å². The highest BCUT2D eigenvalue weighted by Gasteiger charge is 2.37. The molecule has 0 spiro atoms. The molecule has 0 aliphatic heterocycles. The summed E-state index contributed by atoms with van der Waals surface area (Å²) in [4.78, 5) is 0. The van der Waals surface area contributed by atoms with Crippen LogP contribution in [0, 0.1) is 0 Å². The predicted octanol–water partition coefficient (Wildman–Crippen LogP) is 5.97. The summed E-state index contributed by atoms with van der Waals surface area (Å²) >= 11 is 0. The maximum Gasteiger partial charge on any atom is 0.0849 e. The SMILES string of the molecule is CCCCCCCC[P+](Cc1ccccc1)(Cc1ccccc1)Cc1ccccc1.[Br-]. The Morgan fingerprint density at radius 1 is 0.484 bits per heavy atom. The molecule has 3 aromatic carbocycles. The average molecular weight is 498 g/mol. The number of halogens is 1. The smallest absolute Gasteiger partial charge is 0.0849 e. The Kier molecular flexibility index (Phi) is 12.2. The van der Waals surface area contributed by atoms with E-state index in [0.717, 1.165) is 0 Å². The van der Waals surface area contributed by atoms with Crippen LogP contribution < -0.4 is 17.0 Å². The second-order valence-corrected chi connectivity index (χ2v) is 12.8. The van der Waals surface area contributed by atoms with E-state index in [1.807, 2.05) is 0 Å². The fraction of sp³-hybridized carbons (Fsp3) is 0.379. The largest absolute Gasteiger partial charge is 1.00 e. The first kappa shape index (κ1) is 25.8. The summed E-state index contributed by atoms with van der Waals surface area (Å²) in [6.07, 6.45) is 13.5. The molecule has 0 N–H and O–H groups in total. The predicted molar refractivity (Wildman–Crippen MR) is 136 cm³/mol. The van der Waals surface area contributed by atoms with E-state index < -0.39 is 7.26 Å². The Hall–Kier alpha value is -1.43. The first-order chi connectivity index (χ1) is 14.8.